The van der Waals surface area contributed by atoms with Crippen molar-refractivity contribution in [2.45, 2.75) is 0 Å². The van der Waals surface area contributed by atoms with E-state index in [1.54, 1.807) is 0 Å². The lowest BCUT2D eigenvalue weighted by atomic mass is 10.2. The summed E-state index contributed by atoms with van der Waals surface area (Å²) in [4.78, 5) is 24.1. The van der Waals surface area contributed by atoms with Crippen LogP contribution < -0.4 is 10.6 Å². The molecular formula is C16H10F2N4O3. The fourth-order valence-electron chi connectivity index (χ4n) is 1.99. The smallest absolute Gasteiger partial charge is 0.259 e. The van der Waals surface area contributed by atoms with E-state index in [1.807, 2.05) is 0 Å². The van der Waals surface area contributed by atoms with Gasteiger partial charge in [-0.1, -0.05) is 24.3 Å². The third kappa shape index (κ3) is 3.50. The van der Waals surface area contributed by atoms with Gasteiger partial charge in [0.2, 0.25) is 11.6 Å². The van der Waals surface area contributed by atoms with Crippen LogP contribution in [0.1, 0.15) is 20.7 Å². The molecule has 1 aromatic heterocycles. The molecule has 25 heavy (non-hydrogen) atoms. The number of halogens is 2. The highest BCUT2D eigenvalue weighted by Crippen LogP contribution is 2.19. The molecule has 2 N–H and O–H groups in total. The lowest BCUT2D eigenvalue weighted by molar-refractivity contribution is 0.101. The number of anilines is 2. The Morgan fingerprint density at radius 3 is 1.56 bits per heavy atom. The molecule has 2 aromatic carbocycles. The zero-order valence-electron chi connectivity index (χ0n) is 12.5. The molecule has 0 atom stereocenters. The van der Waals surface area contributed by atoms with E-state index < -0.39 is 23.4 Å². The second-order valence-electron chi connectivity index (χ2n) is 4.83. The summed E-state index contributed by atoms with van der Waals surface area (Å²) in [5, 5.41) is 11.4. The third-order valence-corrected chi connectivity index (χ3v) is 3.19. The number of nitrogens with one attached hydrogen (secondary N) is 2. The second kappa shape index (κ2) is 6.87. The summed E-state index contributed by atoms with van der Waals surface area (Å²) >= 11 is 0. The van der Waals surface area contributed by atoms with Crippen molar-refractivity contribution in [1.82, 2.24) is 10.3 Å². The van der Waals surface area contributed by atoms with Gasteiger partial charge in [0.1, 0.15) is 11.6 Å². The molecule has 9 heteroatoms. The number of amides is 2. The largest absolute Gasteiger partial charge is 0.300 e. The molecule has 1 heterocycles. The highest BCUT2D eigenvalue weighted by molar-refractivity contribution is 6.08. The average molecular weight is 344 g/mol. The molecule has 0 unspecified atom stereocenters. The van der Waals surface area contributed by atoms with Crippen molar-refractivity contribution in [1.29, 1.82) is 0 Å². The summed E-state index contributed by atoms with van der Waals surface area (Å²) in [6, 6.07) is 10.6. The SMILES string of the molecule is O=C(Nc1nonc1NC(=O)c1ccccc1F)c1ccccc1F. The van der Waals surface area contributed by atoms with E-state index in [4.69, 9.17) is 0 Å². The lowest BCUT2D eigenvalue weighted by Gasteiger charge is -2.06. The Morgan fingerprint density at radius 2 is 1.16 bits per heavy atom. The molecule has 0 bridgehead atoms. The predicted octanol–water partition coefficient (Wildman–Crippen LogP) is 2.85. The van der Waals surface area contributed by atoms with E-state index >= 15 is 0 Å². The first kappa shape index (κ1) is 16.2. The van der Waals surface area contributed by atoms with Gasteiger partial charge in [-0.05, 0) is 34.6 Å². The Hall–Kier alpha value is -3.62. The summed E-state index contributed by atoms with van der Waals surface area (Å²) in [5.74, 6) is -3.55. The Kier molecular flexibility index (Phi) is 4.46. The molecule has 126 valence electrons. The summed E-state index contributed by atoms with van der Waals surface area (Å²) in [5.41, 5.74) is -0.450. The maximum atomic E-state index is 13.6. The van der Waals surface area contributed by atoms with Crippen molar-refractivity contribution in [3.63, 3.8) is 0 Å². The second-order valence-corrected chi connectivity index (χ2v) is 4.83. The van der Waals surface area contributed by atoms with Crippen LogP contribution in [0.15, 0.2) is 53.2 Å². The van der Waals surface area contributed by atoms with Gasteiger partial charge in [0.05, 0.1) is 11.1 Å². The van der Waals surface area contributed by atoms with Crippen molar-refractivity contribution in [3.05, 3.63) is 71.3 Å². The van der Waals surface area contributed by atoms with Crippen molar-refractivity contribution >= 4 is 23.5 Å². The summed E-state index contributed by atoms with van der Waals surface area (Å²) in [6.07, 6.45) is 0. The maximum absolute atomic E-state index is 13.6. The third-order valence-electron chi connectivity index (χ3n) is 3.19. The Labute approximate surface area is 139 Å². The fraction of sp³-hybridized carbons (Fsp3) is 0. The molecule has 3 rings (SSSR count). The van der Waals surface area contributed by atoms with Crippen LogP contribution in [0, 0.1) is 11.6 Å². The van der Waals surface area contributed by atoms with Crippen molar-refractivity contribution in [3.8, 4) is 0 Å². The van der Waals surface area contributed by atoms with E-state index in [2.05, 4.69) is 25.6 Å². The molecule has 0 spiro atoms. The van der Waals surface area contributed by atoms with Crippen molar-refractivity contribution in [2.24, 2.45) is 0 Å². The average Bonchev–Trinajstić information content (AvgIpc) is 3.02. The van der Waals surface area contributed by atoms with Crippen molar-refractivity contribution < 1.29 is 23.0 Å². The monoisotopic (exact) mass is 344 g/mol. The van der Waals surface area contributed by atoms with Gasteiger partial charge >= 0.3 is 0 Å². The molecule has 0 fully saturated rings. The van der Waals surface area contributed by atoms with Crippen LogP contribution in [-0.4, -0.2) is 22.1 Å². The minimum Gasteiger partial charge on any atom is -0.300 e. The van der Waals surface area contributed by atoms with Crippen LogP contribution in [0.3, 0.4) is 0 Å². The predicted molar refractivity (Wildman–Crippen MR) is 83.0 cm³/mol. The van der Waals surface area contributed by atoms with Gasteiger partial charge in [0.15, 0.2) is 0 Å². The molecule has 0 aliphatic carbocycles. The van der Waals surface area contributed by atoms with Crippen LogP contribution >= 0.6 is 0 Å². The Balaban J connectivity index is 1.77. The standard InChI is InChI=1S/C16H10F2N4O3/c17-11-7-3-1-5-9(11)15(23)19-13-14(22-25-21-13)20-16(24)10-6-2-4-8-12(10)18/h1-8H,(H,19,21,23)(H,20,22,24). The summed E-state index contributed by atoms with van der Waals surface area (Å²) in [6.45, 7) is 0. The number of hydrogen-bond donors (Lipinski definition) is 2. The number of nitrogens with zero attached hydrogens (tertiary/aromatic N) is 2. The molecule has 3 aromatic rings. The molecule has 0 aliphatic rings. The number of carbonyl (C=O) groups excluding carboxylic acids is 2. The number of aromatic nitrogens is 2. The van der Waals surface area contributed by atoms with Gasteiger partial charge in [-0.2, -0.15) is 0 Å². The minimum atomic E-state index is -0.810. The van der Waals surface area contributed by atoms with Crippen LogP contribution in [0.5, 0.6) is 0 Å². The number of carbonyl (C=O) groups is 2. The number of rotatable bonds is 4. The molecule has 2 amide bonds. The zero-order chi connectivity index (χ0) is 17.8. The van der Waals surface area contributed by atoms with Gasteiger partial charge in [-0.15, -0.1) is 0 Å². The first-order valence-corrected chi connectivity index (χ1v) is 7.00. The van der Waals surface area contributed by atoms with Crippen LogP contribution in [0.4, 0.5) is 20.4 Å². The van der Waals surface area contributed by atoms with Crippen LogP contribution in [0.2, 0.25) is 0 Å². The summed E-state index contributed by atoms with van der Waals surface area (Å²) in [7, 11) is 0. The van der Waals surface area contributed by atoms with E-state index in [0.29, 0.717) is 0 Å². The fourth-order valence-corrected chi connectivity index (χ4v) is 1.99. The zero-order valence-corrected chi connectivity index (χ0v) is 12.5. The van der Waals surface area contributed by atoms with Gasteiger partial charge in [-0.25, -0.2) is 13.4 Å². The van der Waals surface area contributed by atoms with E-state index in [-0.39, 0.29) is 22.8 Å². The highest BCUT2D eigenvalue weighted by Gasteiger charge is 2.20. The Bertz CT molecular complexity index is 868. The maximum Gasteiger partial charge on any atom is 0.259 e. The number of benzene rings is 2. The van der Waals surface area contributed by atoms with Gasteiger partial charge in [0, 0.05) is 0 Å². The molecule has 0 radical (unpaired) electrons. The van der Waals surface area contributed by atoms with E-state index in [1.165, 1.54) is 36.4 Å². The molecule has 0 aliphatic heterocycles. The van der Waals surface area contributed by atoms with E-state index in [9.17, 15) is 18.4 Å². The van der Waals surface area contributed by atoms with Gasteiger partial charge in [-0.3, -0.25) is 9.59 Å². The van der Waals surface area contributed by atoms with E-state index in [0.717, 1.165) is 12.1 Å². The highest BCUT2D eigenvalue weighted by atomic mass is 19.1. The minimum absolute atomic E-state index is 0.225. The lowest BCUT2D eigenvalue weighted by Crippen LogP contribution is -2.18. The van der Waals surface area contributed by atoms with Crippen molar-refractivity contribution in [2.75, 3.05) is 10.6 Å². The summed E-state index contributed by atoms with van der Waals surface area (Å²) < 4.78 is 31.7. The quantitative estimate of drug-likeness (QED) is 0.758. The molecule has 0 saturated heterocycles. The van der Waals surface area contributed by atoms with Gasteiger partial charge < -0.3 is 10.6 Å². The Morgan fingerprint density at radius 1 is 0.760 bits per heavy atom. The van der Waals surface area contributed by atoms with Crippen LogP contribution in [-0.2, 0) is 0 Å². The first-order valence-electron chi connectivity index (χ1n) is 7.00. The molecule has 0 saturated carbocycles. The molecule has 7 nitrogen and oxygen atoms in total. The normalized spacial score (nSPS) is 10.3. The number of hydrogen-bond acceptors (Lipinski definition) is 5. The van der Waals surface area contributed by atoms with Crippen LogP contribution in [0.25, 0.3) is 0 Å². The van der Waals surface area contributed by atoms with Gasteiger partial charge in [0.25, 0.3) is 11.8 Å². The topological polar surface area (TPSA) is 97.1 Å². The molecular weight excluding hydrogens is 334 g/mol. The first-order chi connectivity index (χ1) is 12.1.